The molecule has 0 fully saturated rings. The van der Waals surface area contributed by atoms with Crippen molar-refractivity contribution in [3.63, 3.8) is 0 Å². The lowest BCUT2D eigenvalue weighted by atomic mass is 10.2. The van der Waals surface area contributed by atoms with Gasteiger partial charge in [-0.05, 0) is 46.3 Å². The number of thiophene rings is 1. The Labute approximate surface area is 131 Å². The standard InChI is InChI=1S/C14H9BrFN3OS/c15-9-6-7(3-4-10(9)16)19-13(20)12-11(17)8-2-1-5-18-14(8)21-12/h1-6H,17H2,(H,19,20). The number of nitrogens with zero attached hydrogens (tertiary/aromatic N) is 1. The number of amides is 1. The number of benzene rings is 1. The number of carbonyl (C=O) groups is 1. The molecule has 0 bridgehead atoms. The molecule has 0 aliphatic rings. The fraction of sp³-hybridized carbons (Fsp3) is 0. The van der Waals surface area contributed by atoms with Crippen LogP contribution in [0.5, 0.6) is 0 Å². The van der Waals surface area contributed by atoms with Gasteiger partial charge in [0.25, 0.3) is 5.91 Å². The minimum Gasteiger partial charge on any atom is -0.397 e. The largest absolute Gasteiger partial charge is 0.397 e. The first-order valence-corrected chi connectivity index (χ1v) is 7.56. The quantitative estimate of drug-likeness (QED) is 0.720. The smallest absolute Gasteiger partial charge is 0.267 e. The van der Waals surface area contributed by atoms with E-state index in [4.69, 9.17) is 5.73 Å². The molecule has 106 valence electrons. The predicted molar refractivity (Wildman–Crippen MR) is 86.1 cm³/mol. The second-order valence-corrected chi connectivity index (χ2v) is 6.14. The highest BCUT2D eigenvalue weighted by Gasteiger charge is 2.17. The minimum absolute atomic E-state index is 0.284. The molecule has 0 radical (unpaired) electrons. The first-order chi connectivity index (χ1) is 10.1. The van der Waals surface area contributed by atoms with Crippen molar-refractivity contribution in [2.75, 3.05) is 11.1 Å². The molecule has 21 heavy (non-hydrogen) atoms. The number of nitrogens with one attached hydrogen (secondary N) is 1. The van der Waals surface area contributed by atoms with Crippen molar-refractivity contribution < 1.29 is 9.18 Å². The van der Waals surface area contributed by atoms with Crippen molar-refractivity contribution in [2.45, 2.75) is 0 Å². The molecule has 2 aromatic heterocycles. The Morgan fingerprint density at radius 1 is 1.38 bits per heavy atom. The molecule has 3 aromatic rings. The zero-order valence-corrected chi connectivity index (χ0v) is 13.0. The molecule has 0 spiro atoms. The molecule has 2 heterocycles. The number of nitrogen functional groups attached to an aromatic ring is 1. The van der Waals surface area contributed by atoms with Crippen molar-refractivity contribution >= 4 is 54.8 Å². The van der Waals surface area contributed by atoms with Crippen LogP contribution in [0.15, 0.2) is 41.0 Å². The molecular formula is C14H9BrFN3OS. The number of halogens is 2. The highest BCUT2D eigenvalue weighted by Crippen LogP contribution is 2.32. The summed E-state index contributed by atoms with van der Waals surface area (Å²) < 4.78 is 13.5. The Bertz CT molecular complexity index is 849. The Balaban J connectivity index is 1.93. The highest BCUT2D eigenvalue weighted by atomic mass is 79.9. The van der Waals surface area contributed by atoms with E-state index in [2.05, 4.69) is 26.2 Å². The highest BCUT2D eigenvalue weighted by molar-refractivity contribution is 9.10. The maximum absolute atomic E-state index is 13.2. The molecule has 4 nitrogen and oxygen atoms in total. The van der Waals surface area contributed by atoms with Gasteiger partial charge >= 0.3 is 0 Å². The van der Waals surface area contributed by atoms with Crippen LogP contribution < -0.4 is 11.1 Å². The first kappa shape index (κ1) is 14.0. The van der Waals surface area contributed by atoms with Crippen LogP contribution in [0.3, 0.4) is 0 Å². The molecule has 0 aliphatic carbocycles. The summed E-state index contributed by atoms with van der Waals surface area (Å²) in [5.41, 5.74) is 6.88. The van der Waals surface area contributed by atoms with E-state index in [1.54, 1.807) is 12.3 Å². The normalized spacial score (nSPS) is 10.8. The van der Waals surface area contributed by atoms with Gasteiger partial charge in [0.1, 0.15) is 15.5 Å². The van der Waals surface area contributed by atoms with E-state index in [1.165, 1.54) is 29.5 Å². The van der Waals surface area contributed by atoms with E-state index in [-0.39, 0.29) is 10.4 Å². The summed E-state index contributed by atoms with van der Waals surface area (Å²) >= 11 is 4.30. The molecule has 3 N–H and O–H groups in total. The Kier molecular flexibility index (Phi) is 3.60. The van der Waals surface area contributed by atoms with Crippen LogP contribution in [-0.4, -0.2) is 10.9 Å². The van der Waals surface area contributed by atoms with Crippen molar-refractivity contribution in [1.29, 1.82) is 0 Å². The number of aromatic nitrogens is 1. The summed E-state index contributed by atoms with van der Waals surface area (Å²) in [6, 6.07) is 7.84. The zero-order valence-electron chi connectivity index (χ0n) is 10.6. The molecule has 1 amide bonds. The van der Waals surface area contributed by atoms with E-state index >= 15 is 0 Å². The van der Waals surface area contributed by atoms with Gasteiger partial charge in [-0.2, -0.15) is 0 Å². The van der Waals surface area contributed by atoms with Gasteiger partial charge in [-0.1, -0.05) is 0 Å². The van der Waals surface area contributed by atoms with Crippen molar-refractivity contribution in [3.8, 4) is 0 Å². The molecular weight excluding hydrogens is 357 g/mol. The fourth-order valence-electron chi connectivity index (χ4n) is 1.88. The molecule has 3 rings (SSSR count). The van der Waals surface area contributed by atoms with Crippen molar-refractivity contribution in [3.05, 3.63) is 51.7 Å². The number of hydrogen-bond acceptors (Lipinski definition) is 4. The summed E-state index contributed by atoms with van der Waals surface area (Å²) in [7, 11) is 0. The van der Waals surface area contributed by atoms with Gasteiger partial charge in [0.2, 0.25) is 0 Å². The second-order valence-electron chi connectivity index (χ2n) is 4.28. The lowest BCUT2D eigenvalue weighted by Crippen LogP contribution is -2.12. The Hall–Kier alpha value is -1.99. The van der Waals surface area contributed by atoms with E-state index in [1.807, 2.05) is 6.07 Å². The third-order valence-corrected chi connectivity index (χ3v) is 4.62. The maximum Gasteiger partial charge on any atom is 0.267 e. The summed E-state index contributed by atoms with van der Waals surface area (Å²) in [5.74, 6) is -0.729. The summed E-state index contributed by atoms with van der Waals surface area (Å²) in [4.78, 5) is 17.6. The van der Waals surface area contributed by atoms with E-state index in [9.17, 15) is 9.18 Å². The van der Waals surface area contributed by atoms with Gasteiger partial charge in [0.15, 0.2) is 0 Å². The Morgan fingerprint density at radius 3 is 2.90 bits per heavy atom. The van der Waals surface area contributed by atoms with E-state index in [0.717, 1.165) is 5.39 Å². The molecule has 0 saturated carbocycles. The number of nitrogens with two attached hydrogens (primary N) is 1. The molecule has 0 aliphatic heterocycles. The monoisotopic (exact) mass is 365 g/mol. The lowest BCUT2D eigenvalue weighted by Gasteiger charge is -2.05. The third-order valence-electron chi connectivity index (χ3n) is 2.89. The Morgan fingerprint density at radius 2 is 2.19 bits per heavy atom. The van der Waals surface area contributed by atoms with Crippen molar-refractivity contribution in [2.24, 2.45) is 0 Å². The summed E-state index contributed by atoms with van der Waals surface area (Å²) in [6.45, 7) is 0. The average molecular weight is 366 g/mol. The number of fused-ring (bicyclic) bond motifs is 1. The molecule has 7 heteroatoms. The first-order valence-electron chi connectivity index (χ1n) is 5.95. The van der Waals surface area contributed by atoms with E-state index < -0.39 is 5.82 Å². The molecule has 0 atom stereocenters. The van der Waals surface area contributed by atoms with Gasteiger partial charge in [-0.15, -0.1) is 11.3 Å². The predicted octanol–water partition coefficient (Wildman–Crippen LogP) is 4.03. The van der Waals surface area contributed by atoms with Gasteiger partial charge in [-0.25, -0.2) is 9.37 Å². The van der Waals surface area contributed by atoms with Crippen LogP contribution in [0.2, 0.25) is 0 Å². The fourth-order valence-corrected chi connectivity index (χ4v) is 3.22. The lowest BCUT2D eigenvalue weighted by molar-refractivity contribution is 0.103. The van der Waals surface area contributed by atoms with Crippen LogP contribution in [0, 0.1) is 5.82 Å². The maximum atomic E-state index is 13.2. The van der Waals surface area contributed by atoms with Gasteiger partial charge < -0.3 is 11.1 Å². The van der Waals surface area contributed by atoms with Crippen LogP contribution in [-0.2, 0) is 0 Å². The van der Waals surface area contributed by atoms with Gasteiger partial charge in [0.05, 0.1) is 10.2 Å². The molecule has 0 unspecified atom stereocenters. The van der Waals surface area contributed by atoms with Crippen LogP contribution in [0.4, 0.5) is 15.8 Å². The van der Waals surface area contributed by atoms with Crippen LogP contribution >= 0.6 is 27.3 Å². The molecule has 0 saturated heterocycles. The number of rotatable bonds is 2. The average Bonchev–Trinajstić information content (AvgIpc) is 2.81. The summed E-state index contributed by atoms with van der Waals surface area (Å²) in [6.07, 6.45) is 1.65. The van der Waals surface area contributed by atoms with Crippen molar-refractivity contribution in [1.82, 2.24) is 4.98 Å². The zero-order chi connectivity index (χ0) is 15.0. The molecule has 1 aromatic carbocycles. The number of hydrogen-bond donors (Lipinski definition) is 2. The van der Waals surface area contributed by atoms with Gasteiger partial charge in [0, 0.05) is 17.3 Å². The van der Waals surface area contributed by atoms with Gasteiger partial charge in [-0.3, -0.25) is 4.79 Å². The van der Waals surface area contributed by atoms with Crippen LogP contribution in [0.1, 0.15) is 9.67 Å². The second kappa shape index (κ2) is 5.42. The third kappa shape index (κ3) is 2.62. The topological polar surface area (TPSA) is 68.0 Å². The van der Waals surface area contributed by atoms with Crippen LogP contribution in [0.25, 0.3) is 10.2 Å². The number of pyridine rings is 1. The SMILES string of the molecule is Nc1c(C(=O)Nc2ccc(F)c(Br)c2)sc2ncccc12. The minimum atomic E-state index is -0.390. The number of carbonyl (C=O) groups excluding carboxylic acids is 1. The van der Waals surface area contributed by atoms with E-state index in [0.29, 0.717) is 21.1 Å². The summed E-state index contributed by atoms with van der Waals surface area (Å²) in [5, 5.41) is 3.45. The number of anilines is 2.